The Morgan fingerprint density at radius 3 is 2.32 bits per heavy atom. The molecular weight excluding hydrogens is 237 g/mol. The molecule has 0 bridgehead atoms. The first-order valence-electron chi connectivity index (χ1n) is 6.48. The van der Waals surface area contributed by atoms with E-state index in [1.165, 1.54) is 29.1 Å². The predicted octanol–water partition coefficient (Wildman–Crippen LogP) is 3.88. The smallest absolute Gasteiger partial charge is 0.207 e. The molecule has 1 heterocycles. The van der Waals surface area contributed by atoms with Gasteiger partial charge in [-0.15, -0.1) is 0 Å². The highest BCUT2D eigenvalue weighted by molar-refractivity contribution is 5.97. The Hall–Kier alpha value is -1.96. The van der Waals surface area contributed by atoms with Gasteiger partial charge in [-0.2, -0.15) is 0 Å². The molecule has 2 aromatic rings. The molecule has 0 aliphatic carbocycles. The fourth-order valence-electron chi connectivity index (χ4n) is 3.05. The summed E-state index contributed by atoms with van der Waals surface area (Å²) in [4.78, 5) is 0. The average molecular weight is 254 g/mol. The van der Waals surface area contributed by atoms with E-state index in [4.69, 9.17) is 0 Å². The molecule has 1 nitrogen and oxygen atoms in total. The molecule has 0 saturated carbocycles. The van der Waals surface area contributed by atoms with Gasteiger partial charge in [-0.25, -0.2) is 8.97 Å². The molecule has 0 saturated heterocycles. The lowest BCUT2D eigenvalue weighted by atomic mass is 9.74. The highest BCUT2D eigenvalue weighted by Gasteiger charge is 2.46. The molecule has 3 rings (SSSR count). The molecule has 1 atom stereocenters. The zero-order chi connectivity index (χ0) is 13.6. The highest BCUT2D eigenvalue weighted by atomic mass is 19.1. The summed E-state index contributed by atoms with van der Waals surface area (Å²) in [6.45, 7) is 4.35. The number of halogens is 1. The summed E-state index contributed by atoms with van der Waals surface area (Å²) in [6.07, 6.45) is 0. The second kappa shape index (κ2) is 4.02. The van der Waals surface area contributed by atoms with E-state index in [1.54, 1.807) is 0 Å². The third kappa shape index (κ3) is 1.56. The number of hydrogen-bond acceptors (Lipinski definition) is 0. The Morgan fingerprint density at radius 1 is 1.00 bits per heavy atom. The number of para-hydroxylation sites is 1. The van der Waals surface area contributed by atoms with Crippen LogP contribution in [0.25, 0.3) is 0 Å². The number of hydrogen-bond donors (Lipinski definition) is 0. The van der Waals surface area contributed by atoms with E-state index in [1.807, 2.05) is 12.1 Å². The Balaban J connectivity index is 2.27. The molecule has 2 heteroatoms. The van der Waals surface area contributed by atoms with Crippen LogP contribution in [0.3, 0.4) is 0 Å². The maximum Gasteiger partial charge on any atom is 0.209 e. The van der Waals surface area contributed by atoms with Gasteiger partial charge in [0.15, 0.2) is 5.71 Å². The van der Waals surface area contributed by atoms with Crippen LogP contribution in [-0.2, 0) is 5.41 Å². The van der Waals surface area contributed by atoms with Crippen LogP contribution in [0.4, 0.5) is 10.1 Å². The minimum absolute atomic E-state index is 0.182. The van der Waals surface area contributed by atoms with Gasteiger partial charge in [-0.3, -0.25) is 0 Å². The van der Waals surface area contributed by atoms with Gasteiger partial charge in [0.25, 0.3) is 0 Å². The molecular formula is C17H17FN+. The zero-order valence-corrected chi connectivity index (χ0v) is 11.4. The van der Waals surface area contributed by atoms with E-state index >= 15 is 0 Å². The molecule has 0 N–H and O–H groups in total. The lowest BCUT2D eigenvalue weighted by molar-refractivity contribution is -0.402. The molecule has 96 valence electrons. The van der Waals surface area contributed by atoms with Gasteiger partial charge in [0.1, 0.15) is 18.3 Å². The van der Waals surface area contributed by atoms with E-state index in [-0.39, 0.29) is 11.2 Å². The fourth-order valence-corrected chi connectivity index (χ4v) is 3.05. The van der Waals surface area contributed by atoms with Crippen LogP contribution in [0, 0.1) is 5.82 Å². The molecule has 1 unspecified atom stereocenters. The number of fused-ring (bicyclic) bond motifs is 1. The van der Waals surface area contributed by atoms with Gasteiger partial charge in [0, 0.05) is 18.6 Å². The van der Waals surface area contributed by atoms with Crippen LogP contribution >= 0.6 is 0 Å². The minimum atomic E-state index is -0.190. The second-order valence-electron chi connectivity index (χ2n) is 5.29. The van der Waals surface area contributed by atoms with Crippen molar-refractivity contribution in [2.75, 3.05) is 7.05 Å². The van der Waals surface area contributed by atoms with Crippen molar-refractivity contribution in [2.45, 2.75) is 19.3 Å². The summed E-state index contributed by atoms with van der Waals surface area (Å²) >= 11 is 0. The van der Waals surface area contributed by atoms with E-state index < -0.39 is 0 Å². The third-order valence-corrected chi connectivity index (χ3v) is 4.45. The van der Waals surface area contributed by atoms with Gasteiger partial charge >= 0.3 is 0 Å². The van der Waals surface area contributed by atoms with Crippen molar-refractivity contribution < 1.29 is 8.97 Å². The largest absolute Gasteiger partial charge is 0.209 e. The van der Waals surface area contributed by atoms with Crippen molar-refractivity contribution in [1.82, 2.24) is 0 Å². The summed E-state index contributed by atoms with van der Waals surface area (Å²) in [6, 6.07) is 15.2. The molecule has 1 aliphatic rings. The van der Waals surface area contributed by atoms with Gasteiger partial charge in [-0.1, -0.05) is 30.3 Å². The van der Waals surface area contributed by atoms with Crippen molar-refractivity contribution in [3.63, 3.8) is 0 Å². The van der Waals surface area contributed by atoms with Gasteiger partial charge < -0.3 is 0 Å². The van der Waals surface area contributed by atoms with Gasteiger partial charge in [-0.05, 0) is 24.6 Å². The van der Waals surface area contributed by atoms with Crippen LogP contribution in [-0.4, -0.2) is 17.3 Å². The summed E-state index contributed by atoms with van der Waals surface area (Å²) in [7, 11) is 2.09. The van der Waals surface area contributed by atoms with Crippen LogP contribution in [0.15, 0.2) is 48.5 Å². The average Bonchev–Trinajstić information content (AvgIpc) is 2.63. The molecule has 0 spiro atoms. The van der Waals surface area contributed by atoms with E-state index in [0.717, 1.165) is 5.56 Å². The Bertz CT molecular complexity index is 670. The molecule has 1 aliphatic heterocycles. The van der Waals surface area contributed by atoms with Crippen LogP contribution in [0.1, 0.15) is 25.0 Å². The van der Waals surface area contributed by atoms with Crippen LogP contribution in [0.5, 0.6) is 0 Å². The maximum atomic E-state index is 13.2. The lowest BCUT2D eigenvalue weighted by Gasteiger charge is -2.22. The molecule has 0 radical (unpaired) electrons. The quantitative estimate of drug-likeness (QED) is 0.679. The molecule has 2 aromatic carbocycles. The monoisotopic (exact) mass is 254 g/mol. The van der Waals surface area contributed by atoms with Gasteiger partial charge in [0.05, 0.1) is 0 Å². The predicted molar refractivity (Wildman–Crippen MR) is 75.8 cm³/mol. The first-order valence-corrected chi connectivity index (χ1v) is 6.48. The topological polar surface area (TPSA) is 3.01 Å². The van der Waals surface area contributed by atoms with E-state index in [2.05, 4.69) is 49.7 Å². The lowest BCUT2D eigenvalue weighted by Crippen LogP contribution is -2.31. The number of benzene rings is 2. The molecule has 19 heavy (non-hydrogen) atoms. The second-order valence-corrected chi connectivity index (χ2v) is 5.29. The molecule has 0 aromatic heterocycles. The molecule has 0 amide bonds. The fraction of sp³-hybridized carbons (Fsp3) is 0.235. The molecule has 0 fully saturated rings. The minimum Gasteiger partial charge on any atom is -0.207 e. The maximum absolute atomic E-state index is 13.2. The van der Waals surface area contributed by atoms with E-state index in [0.29, 0.717) is 0 Å². The normalized spacial score (nSPS) is 21.7. The Kier molecular flexibility index (Phi) is 2.56. The van der Waals surface area contributed by atoms with Crippen LogP contribution in [0.2, 0.25) is 0 Å². The standard InChI is InChI=1S/C17H17FN/c1-12-17(2,13-8-10-14(18)11-9-13)15-6-4-5-7-16(15)19(12)3/h4-11H,1-3H3/q+1. The van der Waals surface area contributed by atoms with Crippen molar-refractivity contribution in [3.05, 3.63) is 65.5 Å². The third-order valence-electron chi connectivity index (χ3n) is 4.45. The van der Waals surface area contributed by atoms with Crippen molar-refractivity contribution in [3.8, 4) is 0 Å². The van der Waals surface area contributed by atoms with E-state index in [9.17, 15) is 4.39 Å². The summed E-state index contributed by atoms with van der Waals surface area (Å²) < 4.78 is 15.4. The zero-order valence-electron chi connectivity index (χ0n) is 11.4. The Labute approximate surface area is 113 Å². The summed E-state index contributed by atoms with van der Waals surface area (Å²) in [5.41, 5.74) is 4.72. The Morgan fingerprint density at radius 2 is 1.63 bits per heavy atom. The van der Waals surface area contributed by atoms with Gasteiger partial charge in [0.2, 0.25) is 5.69 Å². The first-order chi connectivity index (χ1) is 9.05. The first kappa shape index (κ1) is 12.1. The number of nitrogens with zero attached hydrogens (tertiary/aromatic N) is 1. The highest BCUT2D eigenvalue weighted by Crippen LogP contribution is 2.43. The van der Waals surface area contributed by atoms with Crippen molar-refractivity contribution in [1.29, 1.82) is 0 Å². The SMILES string of the molecule is CC1=[N+](C)c2ccccc2C1(C)c1ccc(F)cc1. The number of rotatable bonds is 1. The van der Waals surface area contributed by atoms with Crippen LogP contribution < -0.4 is 0 Å². The van der Waals surface area contributed by atoms with Crippen molar-refractivity contribution >= 4 is 11.4 Å². The summed E-state index contributed by atoms with van der Waals surface area (Å²) in [5, 5.41) is 0. The summed E-state index contributed by atoms with van der Waals surface area (Å²) in [5.74, 6) is -0.190. The van der Waals surface area contributed by atoms with Crippen molar-refractivity contribution in [2.24, 2.45) is 0 Å².